The summed E-state index contributed by atoms with van der Waals surface area (Å²) in [6.45, 7) is 10.9. The van der Waals surface area contributed by atoms with E-state index in [1.54, 1.807) is 9.58 Å². The monoisotopic (exact) mass is 460 g/mol. The van der Waals surface area contributed by atoms with Gasteiger partial charge in [-0.05, 0) is 62.9 Å². The van der Waals surface area contributed by atoms with Crippen LogP contribution in [0, 0.1) is 34.6 Å². The van der Waals surface area contributed by atoms with Crippen LogP contribution in [0.25, 0.3) is 10.2 Å². The SMILES string of the molecule is Cc1cc(C)c(C)c(S(=O)(=O)N2CCN(C(=O)c3cc4c(C)nn(C)c4s3)CC2)c1C. The van der Waals surface area contributed by atoms with Gasteiger partial charge in [0.1, 0.15) is 4.83 Å². The number of benzene rings is 1. The number of carbonyl (C=O) groups excluding carboxylic acids is 1. The van der Waals surface area contributed by atoms with E-state index < -0.39 is 10.0 Å². The first-order valence-electron chi connectivity index (χ1n) is 10.3. The number of amides is 1. The fourth-order valence-corrected chi connectivity index (χ4v) is 7.38. The smallest absolute Gasteiger partial charge is 0.264 e. The minimum absolute atomic E-state index is 0.0450. The van der Waals surface area contributed by atoms with Gasteiger partial charge in [0, 0.05) is 38.6 Å². The quantitative estimate of drug-likeness (QED) is 0.601. The molecule has 0 aliphatic carbocycles. The molecule has 0 spiro atoms. The fourth-order valence-electron chi connectivity index (χ4n) is 4.29. The second-order valence-electron chi connectivity index (χ2n) is 8.32. The molecule has 3 aromatic rings. The molecule has 1 fully saturated rings. The van der Waals surface area contributed by atoms with E-state index in [1.165, 1.54) is 15.6 Å². The van der Waals surface area contributed by atoms with E-state index in [-0.39, 0.29) is 5.91 Å². The highest BCUT2D eigenvalue weighted by atomic mass is 32.2. The Morgan fingerprint density at radius 2 is 1.55 bits per heavy atom. The first kappa shape index (κ1) is 22.0. The van der Waals surface area contributed by atoms with Gasteiger partial charge in [-0.25, -0.2) is 8.42 Å². The Morgan fingerprint density at radius 3 is 2.10 bits per heavy atom. The van der Waals surface area contributed by atoms with Crippen LogP contribution in [-0.2, 0) is 17.1 Å². The van der Waals surface area contributed by atoms with Crippen molar-refractivity contribution in [1.82, 2.24) is 19.0 Å². The number of hydrogen-bond acceptors (Lipinski definition) is 5. The van der Waals surface area contributed by atoms with Crippen LogP contribution in [0.5, 0.6) is 0 Å². The highest BCUT2D eigenvalue weighted by Gasteiger charge is 2.33. The summed E-state index contributed by atoms with van der Waals surface area (Å²) in [7, 11) is -1.74. The van der Waals surface area contributed by atoms with Crippen molar-refractivity contribution in [3.8, 4) is 0 Å². The highest BCUT2D eigenvalue weighted by Crippen LogP contribution is 2.31. The Bertz CT molecular complexity index is 1240. The van der Waals surface area contributed by atoms with Crippen LogP contribution in [0.3, 0.4) is 0 Å². The summed E-state index contributed by atoms with van der Waals surface area (Å²) in [5.74, 6) is -0.0450. The topological polar surface area (TPSA) is 75.5 Å². The molecule has 1 aliphatic heterocycles. The number of aryl methyl sites for hydroxylation is 4. The summed E-state index contributed by atoms with van der Waals surface area (Å²) < 4.78 is 30.2. The van der Waals surface area contributed by atoms with E-state index in [2.05, 4.69) is 5.10 Å². The van der Waals surface area contributed by atoms with Gasteiger partial charge in [0.05, 0.1) is 15.5 Å². The maximum Gasteiger partial charge on any atom is 0.264 e. The lowest BCUT2D eigenvalue weighted by Gasteiger charge is -2.34. The standard InChI is InChI=1S/C22H28N4O3S2/c1-13-11-14(2)16(4)20(15(13)3)31(28,29)26-9-7-25(8-10-26)21(27)19-12-18-17(5)23-24(6)22(18)30-19/h11-12H,7-10H2,1-6H3. The predicted octanol–water partition coefficient (Wildman–Crippen LogP) is 3.32. The minimum atomic E-state index is -3.62. The Kier molecular flexibility index (Phi) is 5.47. The van der Waals surface area contributed by atoms with Gasteiger partial charge in [-0.15, -0.1) is 11.3 Å². The lowest BCUT2D eigenvalue weighted by Crippen LogP contribution is -2.50. The Morgan fingerprint density at radius 1 is 0.968 bits per heavy atom. The van der Waals surface area contributed by atoms with Crippen molar-refractivity contribution < 1.29 is 13.2 Å². The molecule has 9 heteroatoms. The first-order valence-corrected chi connectivity index (χ1v) is 12.6. The van der Waals surface area contributed by atoms with Crippen molar-refractivity contribution in [2.24, 2.45) is 7.05 Å². The predicted molar refractivity (Wildman–Crippen MR) is 123 cm³/mol. The van der Waals surface area contributed by atoms with Crippen LogP contribution < -0.4 is 0 Å². The van der Waals surface area contributed by atoms with E-state index in [9.17, 15) is 13.2 Å². The zero-order valence-corrected chi connectivity index (χ0v) is 20.4. The normalized spacial score (nSPS) is 15.7. The molecule has 1 saturated heterocycles. The highest BCUT2D eigenvalue weighted by molar-refractivity contribution is 7.89. The van der Waals surface area contributed by atoms with Crippen molar-refractivity contribution in [2.75, 3.05) is 26.2 Å². The molecule has 0 radical (unpaired) electrons. The zero-order valence-electron chi connectivity index (χ0n) is 18.8. The molecule has 1 amide bonds. The van der Waals surface area contributed by atoms with E-state index in [4.69, 9.17) is 0 Å². The van der Waals surface area contributed by atoms with Gasteiger partial charge in [-0.3, -0.25) is 9.48 Å². The van der Waals surface area contributed by atoms with Crippen molar-refractivity contribution in [3.05, 3.63) is 45.0 Å². The van der Waals surface area contributed by atoms with Crippen molar-refractivity contribution >= 4 is 37.5 Å². The third-order valence-corrected chi connectivity index (χ3v) is 9.69. The average Bonchev–Trinajstić information content (AvgIpc) is 3.27. The van der Waals surface area contributed by atoms with E-state index in [0.29, 0.717) is 36.0 Å². The Labute approximate surface area is 187 Å². The van der Waals surface area contributed by atoms with E-state index >= 15 is 0 Å². The molecule has 1 aliphatic rings. The molecule has 0 N–H and O–H groups in total. The van der Waals surface area contributed by atoms with Crippen molar-refractivity contribution in [2.45, 2.75) is 39.5 Å². The van der Waals surface area contributed by atoms with Crippen molar-refractivity contribution in [3.63, 3.8) is 0 Å². The molecule has 0 unspecified atom stereocenters. The molecule has 3 heterocycles. The molecule has 0 saturated carbocycles. The number of piperazine rings is 1. The first-order chi connectivity index (χ1) is 14.5. The largest absolute Gasteiger partial charge is 0.335 e. The molecule has 31 heavy (non-hydrogen) atoms. The molecular formula is C22H28N4O3S2. The van der Waals surface area contributed by atoms with E-state index in [0.717, 1.165) is 38.2 Å². The number of hydrogen-bond donors (Lipinski definition) is 0. The minimum Gasteiger partial charge on any atom is -0.335 e. The van der Waals surface area contributed by atoms with Crippen LogP contribution in [-0.4, -0.2) is 59.5 Å². The second-order valence-corrected chi connectivity index (χ2v) is 11.2. The van der Waals surface area contributed by atoms with Gasteiger partial charge >= 0.3 is 0 Å². The number of sulfonamides is 1. The van der Waals surface area contributed by atoms with Gasteiger partial charge in [-0.1, -0.05) is 6.07 Å². The maximum absolute atomic E-state index is 13.5. The molecule has 166 valence electrons. The molecule has 0 bridgehead atoms. The summed E-state index contributed by atoms with van der Waals surface area (Å²) in [6.07, 6.45) is 0. The number of fused-ring (bicyclic) bond motifs is 1. The molecular weight excluding hydrogens is 432 g/mol. The number of carbonyl (C=O) groups is 1. The van der Waals surface area contributed by atoms with Gasteiger partial charge < -0.3 is 4.90 Å². The lowest BCUT2D eigenvalue weighted by atomic mass is 10.0. The van der Waals surface area contributed by atoms with E-state index in [1.807, 2.05) is 53.8 Å². The number of nitrogens with zero attached hydrogens (tertiary/aromatic N) is 4. The third kappa shape index (κ3) is 3.58. The van der Waals surface area contributed by atoms with Crippen molar-refractivity contribution in [1.29, 1.82) is 0 Å². The fraction of sp³-hybridized carbons (Fsp3) is 0.455. The van der Waals surface area contributed by atoms with Gasteiger partial charge in [-0.2, -0.15) is 9.40 Å². The summed E-state index contributed by atoms with van der Waals surface area (Å²) in [6, 6.07) is 3.93. The molecule has 0 atom stereocenters. The van der Waals surface area contributed by atoms with Crippen LogP contribution >= 0.6 is 11.3 Å². The molecule has 4 rings (SSSR count). The van der Waals surface area contributed by atoms with Crippen LogP contribution in [0.2, 0.25) is 0 Å². The Balaban J connectivity index is 1.54. The molecule has 7 nitrogen and oxygen atoms in total. The summed E-state index contributed by atoms with van der Waals surface area (Å²) >= 11 is 1.43. The second kappa shape index (κ2) is 7.72. The molecule has 2 aromatic heterocycles. The zero-order chi connectivity index (χ0) is 22.7. The Hall–Kier alpha value is -2.23. The van der Waals surface area contributed by atoms with Gasteiger partial charge in [0.2, 0.25) is 10.0 Å². The van der Waals surface area contributed by atoms with Gasteiger partial charge in [0.25, 0.3) is 5.91 Å². The number of rotatable bonds is 3. The third-order valence-electron chi connectivity index (χ3n) is 6.33. The molecule has 1 aromatic carbocycles. The summed E-state index contributed by atoms with van der Waals surface area (Å²) in [4.78, 5) is 16.9. The lowest BCUT2D eigenvalue weighted by molar-refractivity contribution is 0.0703. The summed E-state index contributed by atoms with van der Waals surface area (Å²) in [5, 5.41) is 5.38. The van der Waals surface area contributed by atoms with Crippen LogP contribution in [0.1, 0.15) is 37.6 Å². The summed E-state index contributed by atoms with van der Waals surface area (Å²) in [5.41, 5.74) is 4.46. The average molecular weight is 461 g/mol. The van der Waals surface area contributed by atoms with Crippen LogP contribution in [0.15, 0.2) is 17.0 Å². The van der Waals surface area contributed by atoms with Crippen LogP contribution in [0.4, 0.5) is 0 Å². The van der Waals surface area contributed by atoms with Gasteiger partial charge in [0.15, 0.2) is 0 Å². The number of aromatic nitrogens is 2. The maximum atomic E-state index is 13.5. The number of thiophene rings is 1.